The third-order valence-corrected chi connectivity index (χ3v) is 3.70. The number of oxazole rings is 1. The summed E-state index contributed by atoms with van der Waals surface area (Å²) in [4.78, 5) is 3.55. The highest BCUT2D eigenvalue weighted by molar-refractivity contribution is 9.10. The molecule has 0 aliphatic heterocycles. The Labute approximate surface area is 144 Å². The molecule has 1 aromatic heterocycles. The van der Waals surface area contributed by atoms with Gasteiger partial charge >= 0.3 is 12.1 Å². The molecule has 7 heteroatoms. The summed E-state index contributed by atoms with van der Waals surface area (Å²) < 4.78 is 50.7. The van der Waals surface area contributed by atoms with Crippen LogP contribution >= 0.6 is 15.9 Å². The Hall–Kier alpha value is -2.28. The molecule has 0 saturated carbocycles. The summed E-state index contributed by atoms with van der Waals surface area (Å²) in [6, 6.07) is 15.4. The van der Waals surface area contributed by atoms with Crippen molar-refractivity contribution >= 4 is 15.9 Å². The van der Waals surface area contributed by atoms with Crippen LogP contribution in [0, 0.1) is 0 Å². The minimum Gasteiger partial charge on any atom is -0.459 e. The lowest BCUT2D eigenvalue weighted by Crippen LogP contribution is -2.08. The molecule has 124 valence electrons. The zero-order chi connectivity index (χ0) is 17.2. The molecule has 0 aliphatic rings. The lowest BCUT2D eigenvalue weighted by molar-refractivity contribution is -0.143. The van der Waals surface area contributed by atoms with E-state index in [1.54, 1.807) is 54.6 Å². The Bertz CT molecular complexity index is 814. The minimum atomic E-state index is -4.66. The third kappa shape index (κ3) is 3.79. The van der Waals surface area contributed by atoms with Gasteiger partial charge in [-0.25, -0.2) is 4.98 Å². The molecule has 0 spiro atoms. The molecular formula is C17H11BrF3NO2. The van der Waals surface area contributed by atoms with Crippen molar-refractivity contribution in [2.24, 2.45) is 0 Å². The third-order valence-electron chi connectivity index (χ3n) is 3.17. The first-order valence-corrected chi connectivity index (χ1v) is 7.73. The number of benzene rings is 2. The second-order valence-corrected chi connectivity index (χ2v) is 5.85. The molecule has 3 rings (SSSR count). The monoisotopic (exact) mass is 397 g/mol. The summed E-state index contributed by atoms with van der Waals surface area (Å²) in [6.45, 7) is -0.0558. The van der Waals surface area contributed by atoms with Crippen molar-refractivity contribution in [1.82, 2.24) is 4.98 Å². The van der Waals surface area contributed by atoms with Gasteiger partial charge in [-0.2, -0.15) is 13.2 Å². The first-order valence-electron chi connectivity index (χ1n) is 6.94. The fourth-order valence-corrected chi connectivity index (χ4v) is 2.28. The standard InChI is InChI=1S/C17H11BrF3NO2/c18-13-8-6-11(7-9-13)10-23-16-14(17(19,20)21)22-15(24-16)12-4-2-1-3-5-12/h1-9H,10H2. The average Bonchev–Trinajstić information content (AvgIpc) is 3.00. The SMILES string of the molecule is FC(F)(F)c1nc(-c2ccccc2)oc1OCc1ccc(Br)cc1. The van der Waals surface area contributed by atoms with Crippen LogP contribution in [0.2, 0.25) is 0 Å². The van der Waals surface area contributed by atoms with Gasteiger partial charge in [0.15, 0.2) is 0 Å². The number of hydrogen-bond donors (Lipinski definition) is 0. The van der Waals surface area contributed by atoms with Crippen LogP contribution in [0.4, 0.5) is 13.2 Å². The Balaban J connectivity index is 1.88. The van der Waals surface area contributed by atoms with Crippen molar-refractivity contribution in [3.05, 3.63) is 70.3 Å². The van der Waals surface area contributed by atoms with Crippen molar-refractivity contribution in [2.45, 2.75) is 12.8 Å². The van der Waals surface area contributed by atoms with Crippen molar-refractivity contribution in [3.63, 3.8) is 0 Å². The van der Waals surface area contributed by atoms with E-state index in [4.69, 9.17) is 9.15 Å². The first kappa shape index (κ1) is 16.6. The van der Waals surface area contributed by atoms with Gasteiger partial charge in [0.2, 0.25) is 11.6 Å². The second-order valence-electron chi connectivity index (χ2n) is 4.93. The van der Waals surface area contributed by atoms with Gasteiger partial charge in [0, 0.05) is 10.0 Å². The number of nitrogens with zero attached hydrogens (tertiary/aromatic N) is 1. The molecule has 0 saturated heterocycles. The van der Waals surface area contributed by atoms with Gasteiger partial charge in [-0.1, -0.05) is 46.3 Å². The Kier molecular flexibility index (Phi) is 4.62. The molecule has 0 radical (unpaired) electrons. The fourth-order valence-electron chi connectivity index (χ4n) is 2.02. The highest BCUT2D eigenvalue weighted by atomic mass is 79.9. The molecule has 3 nitrogen and oxygen atoms in total. The molecule has 0 bridgehead atoms. The predicted octanol–water partition coefficient (Wildman–Crippen LogP) is 5.70. The number of rotatable bonds is 4. The quantitative estimate of drug-likeness (QED) is 0.566. The molecule has 24 heavy (non-hydrogen) atoms. The van der Waals surface area contributed by atoms with Crippen LogP contribution < -0.4 is 4.74 Å². The maximum Gasteiger partial charge on any atom is 0.440 e. The maximum absolute atomic E-state index is 13.1. The van der Waals surface area contributed by atoms with Crippen LogP contribution in [0.1, 0.15) is 11.3 Å². The smallest absolute Gasteiger partial charge is 0.440 e. The van der Waals surface area contributed by atoms with Gasteiger partial charge in [0.1, 0.15) is 6.61 Å². The zero-order valence-corrected chi connectivity index (χ0v) is 13.8. The van der Waals surface area contributed by atoms with E-state index < -0.39 is 17.8 Å². The summed E-state index contributed by atoms with van der Waals surface area (Å²) >= 11 is 3.29. The van der Waals surface area contributed by atoms with Gasteiger partial charge in [-0.05, 0) is 29.8 Å². The Morgan fingerprint density at radius 2 is 1.67 bits per heavy atom. The van der Waals surface area contributed by atoms with Crippen molar-refractivity contribution < 1.29 is 22.3 Å². The topological polar surface area (TPSA) is 35.3 Å². The molecule has 0 N–H and O–H groups in total. The molecule has 0 amide bonds. The summed E-state index contributed by atoms with van der Waals surface area (Å²) in [6.07, 6.45) is -4.66. The van der Waals surface area contributed by atoms with E-state index in [1.807, 2.05) is 0 Å². The van der Waals surface area contributed by atoms with E-state index in [-0.39, 0.29) is 12.5 Å². The van der Waals surface area contributed by atoms with Crippen LogP contribution in [0.25, 0.3) is 11.5 Å². The largest absolute Gasteiger partial charge is 0.459 e. The van der Waals surface area contributed by atoms with Crippen LogP contribution in [0.5, 0.6) is 5.95 Å². The van der Waals surface area contributed by atoms with Gasteiger partial charge in [-0.15, -0.1) is 0 Å². The molecule has 1 heterocycles. The lowest BCUT2D eigenvalue weighted by atomic mass is 10.2. The molecule has 0 unspecified atom stereocenters. The number of aromatic nitrogens is 1. The van der Waals surface area contributed by atoms with Crippen LogP contribution in [0.15, 0.2) is 63.5 Å². The van der Waals surface area contributed by atoms with Crippen LogP contribution in [0.3, 0.4) is 0 Å². The van der Waals surface area contributed by atoms with E-state index >= 15 is 0 Å². The van der Waals surface area contributed by atoms with E-state index in [0.717, 1.165) is 4.47 Å². The number of alkyl halides is 3. The van der Waals surface area contributed by atoms with Gasteiger partial charge in [-0.3, -0.25) is 0 Å². The van der Waals surface area contributed by atoms with Crippen molar-refractivity contribution in [3.8, 4) is 17.4 Å². The molecule has 3 aromatic rings. The predicted molar refractivity (Wildman–Crippen MR) is 85.4 cm³/mol. The zero-order valence-electron chi connectivity index (χ0n) is 12.2. The summed E-state index contributed by atoms with van der Waals surface area (Å²) in [5.41, 5.74) is -0.0102. The normalized spacial score (nSPS) is 11.5. The fraction of sp³-hybridized carbons (Fsp3) is 0.118. The van der Waals surface area contributed by atoms with Crippen LogP contribution in [-0.2, 0) is 12.8 Å². The minimum absolute atomic E-state index is 0.0558. The highest BCUT2D eigenvalue weighted by Crippen LogP contribution is 2.38. The number of halogens is 4. The number of hydrogen-bond acceptors (Lipinski definition) is 3. The lowest BCUT2D eigenvalue weighted by Gasteiger charge is -2.06. The van der Waals surface area contributed by atoms with Gasteiger partial charge in [0.05, 0.1) is 0 Å². The van der Waals surface area contributed by atoms with Crippen LogP contribution in [-0.4, -0.2) is 4.98 Å². The van der Waals surface area contributed by atoms with Crippen molar-refractivity contribution in [1.29, 1.82) is 0 Å². The average molecular weight is 398 g/mol. The van der Waals surface area contributed by atoms with E-state index in [2.05, 4.69) is 20.9 Å². The van der Waals surface area contributed by atoms with E-state index in [1.165, 1.54) is 0 Å². The second kappa shape index (κ2) is 6.68. The summed E-state index contributed by atoms with van der Waals surface area (Å²) in [5.74, 6) is -0.766. The van der Waals surface area contributed by atoms with E-state index in [0.29, 0.717) is 11.1 Å². The Morgan fingerprint density at radius 1 is 1.00 bits per heavy atom. The van der Waals surface area contributed by atoms with E-state index in [9.17, 15) is 13.2 Å². The molecule has 0 atom stereocenters. The Morgan fingerprint density at radius 3 is 2.29 bits per heavy atom. The van der Waals surface area contributed by atoms with Gasteiger partial charge < -0.3 is 9.15 Å². The van der Waals surface area contributed by atoms with Gasteiger partial charge in [0.25, 0.3) is 0 Å². The molecule has 0 aliphatic carbocycles. The molecule has 0 fully saturated rings. The molecule has 2 aromatic carbocycles. The number of ether oxygens (including phenoxy) is 1. The first-order chi connectivity index (χ1) is 11.4. The highest BCUT2D eigenvalue weighted by Gasteiger charge is 2.40. The molecular weight excluding hydrogens is 387 g/mol. The summed E-state index contributed by atoms with van der Waals surface area (Å²) in [7, 11) is 0. The summed E-state index contributed by atoms with van der Waals surface area (Å²) in [5, 5.41) is 0. The van der Waals surface area contributed by atoms with Crippen molar-refractivity contribution in [2.75, 3.05) is 0 Å². The maximum atomic E-state index is 13.1.